The third-order valence-electron chi connectivity index (χ3n) is 4.66. The van der Waals surface area contributed by atoms with E-state index >= 15 is 0 Å². The average Bonchev–Trinajstić information content (AvgIpc) is 2.80. The van der Waals surface area contributed by atoms with Gasteiger partial charge in [-0.1, -0.05) is 47.5 Å². The van der Waals surface area contributed by atoms with E-state index < -0.39 is 5.97 Å². The Hall–Kier alpha value is -2.25. The van der Waals surface area contributed by atoms with E-state index in [4.69, 9.17) is 4.74 Å². The minimum absolute atomic E-state index is 0.144. The van der Waals surface area contributed by atoms with Gasteiger partial charge in [-0.25, -0.2) is 4.79 Å². The van der Waals surface area contributed by atoms with Crippen LogP contribution in [0.1, 0.15) is 40.0 Å². The van der Waals surface area contributed by atoms with Crippen LogP contribution in [-0.2, 0) is 14.3 Å². The van der Waals surface area contributed by atoms with E-state index in [0.717, 1.165) is 27.9 Å². The molecule has 0 unspecified atom stereocenters. The van der Waals surface area contributed by atoms with Crippen molar-refractivity contribution in [2.75, 3.05) is 23.8 Å². The number of thioether (sulfide) groups is 1. The second-order valence-electron chi connectivity index (χ2n) is 7.02. The molecule has 172 valence electrons. The molecule has 32 heavy (non-hydrogen) atoms. The summed E-state index contributed by atoms with van der Waals surface area (Å²) in [6.45, 7) is 6.68. The molecule has 0 aliphatic carbocycles. The van der Waals surface area contributed by atoms with Crippen LogP contribution in [0.5, 0.6) is 0 Å². The summed E-state index contributed by atoms with van der Waals surface area (Å²) in [7, 11) is 0. The third-order valence-corrected chi connectivity index (χ3v) is 6.20. The molecule has 1 amide bonds. The lowest BCUT2D eigenvalue weighted by atomic mass is 10.1. The predicted octanol–water partition coefficient (Wildman–Crippen LogP) is 6.15. The van der Waals surface area contributed by atoms with Gasteiger partial charge in [-0.3, -0.25) is 4.79 Å². The van der Waals surface area contributed by atoms with Gasteiger partial charge in [0.25, 0.3) is 0 Å². The zero-order chi connectivity index (χ0) is 23.3. The van der Waals surface area contributed by atoms with Crippen LogP contribution in [0.3, 0.4) is 0 Å². The van der Waals surface area contributed by atoms with Crippen LogP contribution >= 0.6 is 27.7 Å². The first-order valence-corrected chi connectivity index (χ1v) is 12.7. The number of nitrogens with one attached hydrogen (secondary N) is 1. The Balaban J connectivity index is 2.33. The number of allylic oxidation sites excluding steroid dienone is 1. The van der Waals surface area contributed by atoms with Crippen LogP contribution in [0.15, 0.2) is 75.4 Å². The number of carbonyl (C=O) groups excluding carboxylic acids is 2. The van der Waals surface area contributed by atoms with Crippen LogP contribution in [0.25, 0.3) is 0 Å². The summed E-state index contributed by atoms with van der Waals surface area (Å²) in [6.07, 6.45) is 2.38. The number of likely N-dealkylation sites (N-methyl/N-ethyl adjacent to an activating group) is 1. The number of para-hydroxylation sites is 1. The van der Waals surface area contributed by atoms with Gasteiger partial charge >= 0.3 is 5.97 Å². The molecule has 0 atom stereocenters. The second-order valence-corrected chi connectivity index (χ2v) is 8.99. The number of rotatable bonds is 12. The number of benzene rings is 2. The maximum Gasteiger partial charge on any atom is 0.356 e. The Bertz CT molecular complexity index is 901. The van der Waals surface area contributed by atoms with Gasteiger partial charge in [0, 0.05) is 27.3 Å². The maximum atomic E-state index is 13.0. The fourth-order valence-corrected chi connectivity index (χ4v) is 4.11. The summed E-state index contributed by atoms with van der Waals surface area (Å²) >= 11 is 4.88. The number of anilines is 1. The number of hydrogen-bond acceptors (Lipinski definition) is 5. The number of amides is 1. The second kappa shape index (κ2) is 14.0. The van der Waals surface area contributed by atoms with Gasteiger partial charge in [-0.2, -0.15) is 0 Å². The molecule has 0 aliphatic heterocycles. The molecule has 0 aromatic heterocycles. The number of carbonyl (C=O) groups is 2. The van der Waals surface area contributed by atoms with Crippen molar-refractivity contribution in [1.82, 2.24) is 5.32 Å². The first-order valence-electron chi connectivity index (χ1n) is 10.9. The Labute approximate surface area is 203 Å². The van der Waals surface area contributed by atoms with Crippen molar-refractivity contribution in [2.24, 2.45) is 0 Å². The van der Waals surface area contributed by atoms with Crippen molar-refractivity contribution in [3.8, 4) is 0 Å². The van der Waals surface area contributed by atoms with Gasteiger partial charge in [-0.05, 0) is 63.1 Å². The molecule has 0 saturated carbocycles. The predicted molar refractivity (Wildman–Crippen MR) is 136 cm³/mol. The molecular formula is C25H31BrN2O3S. The van der Waals surface area contributed by atoms with E-state index in [9.17, 15) is 9.59 Å². The lowest BCUT2D eigenvalue weighted by Gasteiger charge is -2.28. The third kappa shape index (κ3) is 8.02. The highest BCUT2D eigenvalue weighted by atomic mass is 79.9. The molecule has 2 aromatic carbocycles. The van der Waals surface area contributed by atoms with Crippen molar-refractivity contribution < 1.29 is 14.3 Å². The zero-order valence-electron chi connectivity index (χ0n) is 18.9. The SMILES string of the molecule is CCCC/C(NC(=O)CSc1ccc(Br)cc1)=C(/C(=O)OCC)N(CC)c1ccccc1. The van der Waals surface area contributed by atoms with Gasteiger partial charge < -0.3 is 15.0 Å². The molecule has 1 N–H and O–H groups in total. The van der Waals surface area contributed by atoms with E-state index in [2.05, 4.69) is 28.2 Å². The fraction of sp³-hybridized carbons (Fsp3) is 0.360. The Morgan fingerprint density at radius 3 is 2.31 bits per heavy atom. The number of unbranched alkanes of at least 4 members (excludes halogenated alkanes) is 1. The smallest absolute Gasteiger partial charge is 0.356 e. The largest absolute Gasteiger partial charge is 0.461 e. The van der Waals surface area contributed by atoms with Crippen molar-refractivity contribution in [2.45, 2.75) is 44.9 Å². The van der Waals surface area contributed by atoms with Crippen LogP contribution in [0, 0.1) is 0 Å². The lowest BCUT2D eigenvalue weighted by Crippen LogP contribution is -2.35. The molecule has 0 fully saturated rings. The summed E-state index contributed by atoms with van der Waals surface area (Å²) in [4.78, 5) is 28.8. The molecular weight excluding hydrogens is 488 g/mol. The van der Waals surface area contributed by atoms with E-state index in [1.54, 1.807) is 6.92 Å². The standard InChI is InChI=1S/C25H31BrN2O3S/c1-4-7-13-22(27-23(29)18-32-21-16-14-19(26)15-17-21)24(25(30)31-6-3)28(5-2)20-11-9-8-10-12-20/h8-12,14-17H,4-7,13,18H2,1-3H3,(H,27,29)/b24-22+. The Kier molecular flexibility index (Phi) is 11.4. The molecule has 2 aromatic rings. The van der Waals surface area contributed by atoms with E-state index in [1.165, 1.54) is 11.8 Å². The highest BCUT2D eigenvalue weighted by Gasteiger charge is 2.25. The first kappa shape index (κ1) is 26.0. The normalized spacial score (nSPS) is 11.5. The number of nitrogens with zero attached hydrogens (tertiary/aromatic N) is 1. The molecule has 2 rings (SSSR count). The van der Waals surface area contributed by atoms with E-state index in [-0.39, 0.29) is 18.3 Å². The van der Waals surface area contributed by atoms with Gasteiger partial charge in [-0.15, -0.1) is 11.8 Å². The number of halogens is 1. The van der Waals surface area contributed by atoms with Crippen LogP contribution < -0.4 is 10.2 Å². The van der Waals surface area contributed by atoms with E-state index in [1.807, 2.05) is 66.4 Å². The van der Waals surface area contributed by atoms with Gasteiger partial charge in [0.05, 0.1) is 12.4 Å². The number of ether oxygens (including phenoxy) is 1. The summed E-state index contributed by atoms with van der Waals surface area (Å²) in [5, 5.41) is 3.03. The Morgan fingerprint density at radius 2 is 1.72 bits per heavy atom. The summed E-state index contributed by atoms with van der Waals surface area (Å²) < 4.78 is 6.39. The Morgan fingerprint density at radius 1 is 1.03 bits per heavy atom. The van der Waals surface area contributed by atoms with Crippen molar-refractivity contribution in [3.63, 3.8) is 0 Å². The van der Waals surface area contributed by atoms with Gasteiger partial charge in [0.2, 0.25) is 5.91 Å². The minimum atomic E-state index is -0.426. The molecule has 0 radical (unpaired) electrons. The summed E-state index contributed by atoms with van der Waals surface area (Å²) in [6, 6.07) is 17.5. The highest BCUT2D eigenvalue weighted by molar-refractivity contribution is 9.10. The quantitative estimate of drug-likeness (QED) is 0.207. The van der Waals surface area contributed by atoms with Crippen molar-refractivity contribution in [1.29, 1.82) is 0 Å². The van der Waals surface area contributed by atoms with Crippen molar-refractivity contribution in [3.05, 3.63) is 70.5 Å². The minimum Gasteiger partial charge on any atom is -0.461 e. The van der Waals surface area contributed by atoms with Crippen LogP contribution in [0.4, 0.5) is 5.69 Å². The molecule has 0 heterocycles. The van der Waals surface area contributed by atoms with Gasteiger partial charge in [0.1, 0.15) is 5.70 Å². The molecule has 5 nitrogen and oxygen atoms in total. The molecule has 0 saturated heterocycles. The molecule has 7 heteroatoms. The zero-order valence-corrected chi connectivity index (χ0v) is 21.3. The highest BCUT2D eigenvalue weighted by Crippen LogP contribution is 2.25. The molecule has 0 bridgehead atoms. The average molecular weight is 520 g/mol. The van der Waals surface area contributed by atoms with E-state index in [0.29, 0.717) is 24.4 Å². The maximum absolute atomic E-state index is 13.0. The summed E-state index contributed by atoms with van der Waals surface area (Å²) in [5.41, 5.74) is 1.89. The van der Waals surface area contributed by atoms with Gasteiger partial charge in [0.15, 0.2) is 0 Å². The fourth-order valence-electron chi connectivity index (χ4n) is 3.15. The topological polar surface area (TPSA) is 58.6 Å². The molecule has 0 aliphatic rings. The number of esters is 1. The first-order chi connectivity index (χ1) is 15.5. The van der Waals surface area contributed by atoms with Crippen LogP contribution in [-0.4, -0.2) is 30.8 Å². The molecule has 0 spiro atoms. The van der Waals surface area contributed by atoms with Crippen LogP contribution in [0.2, 0.25) is 0 Å². The lowest BCUT2D eigenvalue weighted by molar-refractivity contribution is -0.138. The van der Waals surface area contributed by atoms with Crippen molar-refractivity contribution >= 4 is 45.3 Å². The monoisotopic (exact) mass is 518 g/mol. The summed E-state index contributed by atoms with van der Waals surface area (Å²) in [5.74, 6) is -0.315. The number of hydrogen-bond donors (Lipinski definition) is 1.